The molecule has 0 aromatic rings. The first-order chi connectivity index (χ1) is 12.5. The van der Waals surface area contributed by atoms with E-state index in [1.54, 1.807) is 20.8 Å². The van der Waals surface area contributed by atoms with Crippen LogP contribution in [0.1, 0.15) is 34.6 Å². The van der Waals surface area contributed by atoms with Gasteiger partial charge in [-0.2, -0.15) is 12.6 Å². The van der Waals surface area contributed by atoms with Crippen molar-refractivity contribution in [2.45, 2.75) is 52.3 Å². The van der Waals surface area contributed by atoms with Crippen molar-refractivity contribution in [3.63, 3.8) is 0 Å². The summed E-state index contributed by atoms with van der Waals surface area (Å²) in [6, 6.07) is -1.74. The van der Waals surface area contributed by atoms with Crippen molar-refractivity contribution in [1.29, 1.82) is 0 Å². The van der Waals surface area contributed by atoms with E-state index < -0.39 is 29.7 Å². The number of ether oxygens (including phenoxy) is 1. The highest BCUT2D eigenvalue weighted by atomic mass is 32.2. The SMILES string of the molecule is CC([O-])=NCSC[C@H](NC(=O)OC(C)(C)C)C(=O)N[C@@H](C)C(=O)NCCS. The fourth-order valence-electron chi connectivity index (χ4n) is 1.65. The second kappa shape index (κ2) is 12.7. The second-order valence-electron chi connectivity index (χ2n) is 6.62. The lowest BCUT2D eigenvalue weighted by Gasteiger charge is -2.24. The molecule has 0 rings (SSSR count). The molecule has 156 valence electrons. The lowest BCUT2D eigenvalue weighted by atomic mass is 10.2. The Morgan fingerprint density at radius 3 is 2.37 bits per heavy atom. The molecule has 3 N–H and O–H groups in total. The summed E-state index contributed by atoms with van der Waals surface area (Å²) in [6.45, 7) is 8.36. The third-order valence-corrected chi connectivity index (χ3v) is 3.94. The molecule has 0 bridgehead atoms. The molecule has 0 aromatic carbocycles. The molecule has 0 unspecified atom stereocenters. The van der Waals surface area contributed by atoms with Crippen LogP contribution in [0.15, 0.2) is 4.99 Å². The first-order valence-corrected chi connectivity index (χ1v) is 10.2. The van der Waals surface area contributed by atoms with E-state index >= 15 is 0 Å². The van der Waals surface area contributed by atoms with Crippen molar-refractivity contribution in [3.8, 4) is 0 Å². The second-order valence-corrected chi connectivity index (χ2v) is 8.07. The van der Waals surface area contributed by atoms with Crippen LogP contribution in [0.2, 0.25) is 0 Å². The number of aliphatic imine (C=N–C) groups is 1. The summed E-state index contributed by atoms with van der Waals surface area (Å²) in [5.41, 5.74) is -0.720. The van der Waals surface area contributed by atoms with Crippen molar-refractivity contribution >= 4 is 48.2 Å². The minimum absolute atomic E-state index is 0.160. The summed E-state index contributed by atoms with van der Waals surface area (Å²) in [5, 5.41) is 18.5. The highest BCUT2D eigenvalue weighted by Crippen LogP contribution is 2.09. The standard InChI is InChI=1S/C16H30N4O5S2/c1-10(13(22)17-6-7-26)19-14(23)12(8-27-9-18-11(2)21)20-15(24)25-16(3,4)5/h10,12,26H,6-9H2,1-5H3,(H,17,22)(H,18,21)(H,19,23)(H,20,24)/p-1/t10-,12-/m0/s1. The van der Waals surface area contributed by atoms with Crippen molar-refractivity contribution in [2.24, 2.45) is 4.99 Å². The largest absolute Gasteiger partial charge is 0.862 e. The average molecular weight is 422 g/mol. The minimum Gasteiger partial charge on any atom is -0.862 e. The number of hydrogen-bond acceptors (Lipinski definition) is 8. The average Bonchev–Trinajstić information content (AvgIpc) is 2.53. The fourth-order valence-corrected chi connectivity index (χ4v) is 2.61. The molecular weight excluding hydrogens is 392 g/mol. The maximum Gasteiger partial charge on any atom is 0.408 e. The quantitative estimate of drug-likeness (QED) is 0.169. The van der Waals surface area contributed by atoms with Gasteiger partial charge in [-0.3, -0.25) is 14.6 Å². The lowest BCUT2D eigenvalue weighted by Crippen LogP contribution is -2.54. The minimum atomic E-state index is -0.952. The van der Waals surface area contributed by atoms with Gasteiger partial charge in [-0.05, 0) is 40.5 Å². The van der Waals surface area contributed by atoms with Crippen LogP contribution in [-0.2, 0) is 14.3 Å². The molecule has 0 heterocycles. The van der Waals surface area contributed by atoms with E-state index in [-0.39, 0.29) is 23.4 Å². The first-order valence-electron chi connectivity index (χ1n) is 8.40. The number of carbonyl (C=O) groups excluding carboxylic acids is 3. The van der Waals surface area contributed by atoms with E-state index in [0.29, 0.717) is 12.3 Å². The summed E-state index contributed by atoms with van der Waals surface area (Å²) < 4.78 is 5.16. The van der Waals surface area contributed by atoms with Crippen LogP contribution in [-0.4, -0.2) is 65.4 Å². The molecule has 0 spiro atoms. The van der Waals surface area contributed by atoms with Crippen molar-refractivity contribution in [2.75, 3.05) is 23.9 Å². The molecule has 9 nitrogen and oxygen atoms in total. The Kier molecular flexibility index (Phi) is 11.9. The Morgan fingerprint density at radius 1 is 1.22 bits per heavy atom. The predicted octanol–water partition coefficient (Wildman–Crippen LogP) is -0.100. The van der Waals surface area contributed by atoms with E-state index in [9.17, 15) is 19.5 Å². The van der Waals surface area contributed by atoms with E-state index in [2.05, 4.69) is 33.6 Å². The number of thioether (sulfide) groups is 1. The van der Waals surface area contributed by atoms with Crippen LogP contribution in [0.4, 0.5) is 4.79 Å². The van der Waals surface area contributed by atoms with Crippen LogP contribution in [0.3, 0.4) is 0 Å². The normalized spacial score (nSPS) is 14.1. The monoisotopic (exact) mass is 421 g/mol. The Balaban J connectivity index is 4.87. The molecule has 2 atom stereocenters. The van der Waals surface area contributed by atoms with Gasteiger partial charge < -0.3 is 25.8 Å². The van der Waals surface area contributed by atoms with E-state index in [4.69, 9.17) is 4.74 Å². The van der Waals surface area contributed by atoms with Crippen molar-refractivity contribution < 1.29 is 24.2 Å². The van der Waals surface area contributed by atoms with Crippen LogP contribution < -0.4 is 21.1 Å². The van der Waals surface area contributed by atoms with E-state index in [0.717, 1.165) is 0 Å². The summed E-state index contributed by atoms with van der Waals surface area (Å²) in [7, 11) is 0. The fraction of sp³-hybridized carbons (Fsp3) is 0.750. The number of amides is 3. The Labute approximate surface area is 169 Å². The van der Waals surface area contributed by atoms with Gasteiger partial charge in [0.1, 0.15) is 17.7 Å². The van der Waals surface area contributed by atoms with E-state index in [1.165, 1.54) is 25.6 Å². The van der Waals surface area contributed by atoms with Gasteiger partial charge in [0.2, 0.25) is 11.8 Å². The van der Waals surface area contributed by atoms with Crippen LogP contribution in [0, 0.1) is 0 Å². The van der Waals surface area contributed by atoms with Crippen LogP contribution >= 0.6 is 24.4 Å². The Morgan fingerprint density at radius 2 is 1.85 bits per heavy atom. The van der Waals surface area contributed by atoms with Gasteiger partial charge in [0.25, 0.3) is 0 Å². The molecule has 0 saturated heterocycles. The maximum atomic E-state index is 12.5. The van der Waals surface area contributed by atoms with Gasteiger partial charge in [0.05, 0.1) is 5.88 Å². The topological polar surface area (TPSA) is 132 Å². The molecule has 0 radical (unpaired) electrons. The molecule has 27 heavy (non-hydrogen) atoms. The molecule has 0 aliphatic rings. The number of hydrogen-bond donors (Lipinski definition) is 4. The van der Waals surface area contributed by atoms with Gasteiger partial charge in [-0.15, -0.1) is 11.8 Å². The molecular formula is C16H29N4O5S2-. The van der Waals surface area contributed by atoms with Gasteiger partial charge in [-0.25, -0.2) is 4.79 Å². The third kappa shape index (κ3) is 13.2. The third-order valence-electron chi connectivity index (χ3n) is 2.83. The predicted molar refractivity (Wildman–Crippen MR) is 108 cm³/mol. The Bertz CT molecular complexity index is 533. The first kappa shape index (κ1) is 25.4. The zero-order valence-corrected chi connectivity index (χ0v) is 18.0. The smallest absolute Gasteiger partial charge is 0.408 e. The van der Waals surface area contributed by atoms with Gasteiger partial charge >= 0.3 is 6.09 Å². The maximum absolute atomic E-state index is 12.5. The summed E-state index contributed by atoms with van der Waals surface area (Å²) in [6.07, 6.45) is -0.751. The summed E-state index contributed by atoms with van der Waals surface area (Å²) in [5.74, 6) is -0.415. The van der Waals surface area contributed by atoms with Gasteiger partial charge in [0.15, 0.2) is 0 Å². The number of thiol groups is 1. The number of nitrogens with one attached hydrogen (secondary N) is 3. The van der Waals surface area contributed by atoms with Crippen LogP contribution in [0.25, 0.3) is 0 Å². The summed E-state index contributed by atoms with van der Waals surface area (Å²) >= 11 is 5.20. The zero-order chi connectivity index (χ0) is 21.0. The zero-order valence-electron chi connectivity index (χ0n) is 16.3. The van der Waals surface area contributed by atoms with Crippen molar-refractivity contribution in [3.05, 3.63) is 0 Å². The molecule has 0 saturated carbocycles. The highest BCUT2D eigenvalue weighted by molar-refractivity contribution is 7.99. The summed E-state index contributed by atoms with van der Waals surface area (Å²) in [4.78, 5) is 40.0. The molecule has 0 aliphatic heterocycles. The van der Waals surface area contributed by atoms with Crippen molar-refractivity contribution in [1.82, 2.24) is 16.0 Å². The molecule has 0 aromatic heterocycles. The lowest BCUT2D eigenvalue weighted by molar-refractivity contribution is -0.215. The Hall–Kier alpha value is -1.62. The number of nitrogens with zero attached hydrogens (tertiary/aromatic N) is 1. The highest BCUT2D eigenvalue weighted by Gasteiger charge is 2.26. The molecule has 11 heteroatoms. The number of alkyl carbamates (subject to hydrolysis) is 1. The number of rotatable bonds is 10. The molecule has 0 aliphatic carbocycles. The number of carbonyl (C=O) groups is 3. The molecule has 0 fully saturated rings. The van der Waals surface area contributed by atoms with Gasteiger partial charge in [-0.1, -0.05) is 0 Å². The van der Waals surface area contributed by atoms with E-state index in [1.807, 2.05) is 0 Å². The van der Waals surface area contributed by atoms with Gasteiger partial charge in [0, 0.05) is 18.1 Å². The van der Waals surface area contributed by atoms with Crippen LogP contribution in [0.5, 0.6) is 0 Å². The molecule has 3 amide bonds.